The predicted octanol–water partition coefficient (Wildman–Crippen LogP) is 2.98. The van der Waals surface area contributed by atoms with Gasteiger partial charge in [-0.2, -0.15) is 0 Å². The van der Waals surface area contributed by atoms with E-state index in [1.54, 1.807) is 6.26 Å². The van der Waals surface area contributed by atoms with Crippen LogP contribution in [0.5, 0.6) is 0 Å². The third kappa shape index (κ3) is 5.00. The molecule has 3 rings (SSSR count). The quantitative estimate of drug-likeness (QED) is 0.901. The van der Waals surface area contributed by atoms with Crippen molar-refractivity contribution in [2.24, 2.45) is 11.8 Å². The summed E-state index contributed by atoms with van der Waals surface area (Å²) in [6.45, 7) is 8.39. The molecule has 0 bridgehead atoms. The summed E-state index contributed by atoms with van der Waals surface area (Å²) in [5.41, 5.74) is 0. The highest BCUT2D eigenvalue weighted by Crippen LogP contribution is 2.21. The lowest BCUT2D eigenvalue weighted by Gasteiger charge is -2.37. The molecule has 0 saturated carbocycles. The van der Waals surface area contributed by atoms with Gasteiger partial charge in [-0.25, -0.2) is 4.79 Å². The van der Waals surface area contributed by atoms with Gasteiger partial charge in [-0.1, -0.05) is 6.92 Å². The molecule has 2 aliphatic heterocycles. The SMILES string of the molecule is CC1CCN(C[C@@H]2CCCN(C(=O)NCCc3ccco3)C2)CC1. The fraction of sp³-hybridized carbons (Fsp3) is 0.737. The van der Waals surface area contributed by atoms with Gasteiger partial charge >= 0.3 is 6.03 Å². The van der Waals surface area contributed by atoms with Gasteiger partial charge in [0, 0.05) is 32.6 Å². The van der Waals surface area contributed by atoms with Gasteiger partial charge in [-0.15, -0.1) is 0 Å². The van der Waals surface area contributed by atoms with Crippen LogP contribution in [0.1, 0.15) is 38.4 Å². The highest BCUT2D eigenvalue weighted by molar-refractivity contribution is 5.74. The number of urea groups is 1. The molecule has 5 nitrogen and oxygen atoms in total. The van der Waals surface area contributed by atoms with Crippen LogP contribution in [0.2, 0.25) is 0 Å². The molecule has 0 aromatic carbocycles. The maximum atomic E-state index is 12.4. The highest BCUT2D eigenvalue weighted by atomic mass is 16.3. The lowest BCUT2D eigenvalue weighted by atomic mass is 9.94. The highest BCUT2D eigenvalue weighted by Gasteiger charge is 2.26. The first kappa shape index (κ1) is 17.3. The van der Waals surface area contributed by atoms with Crippen LogP contribution in [-0.2, 0) is 6.42 Å². The molecule has 1 atom stereocenters. The molecule has 24 heavy (non-hydrogen) atoms. The van der Waals surface area contributed by atoms with Crippen LogP contribution < -0.4 is 5.32 Å². The monoisotopic (exact) mass is 333 g/mol. The fourth-order valence-corrected chi connectivity index (χ4v) is 3.87. The first-order valence-corrected chi connectivity index (χ1v) is 9.48. The number of hydrogen-bond donors (Lipinski definition) is 1. The Kier molecular flexibility index (Phi) is 6.18. The molecule has 2 aliphatic rings. The van der Waals surface area contributed by atoms with Crippen molar-refractivity contribution in [2.75, 3.05) is 39.3 Å². The van der Waals surface area contributed by atoms with E-state index < -0.39 is 0 Å². The molecule has 2 saturated heterocycles. The zero-order valence-electron chi connectivity index (χ0n) is 14.9. The van der Waals surface area contributed by atoms with Crippen molar-refractivity contribution in [3.05, 3.63) is 24.2 Å². The lowest BCUT2D eigenvalue weighted by molar-refractivity contribution is 0.120. The number of likely N-dealkylation sites (tertiary alicyclic amines) is 2. The maximum Gasteiger partial charge on any atom is 0.317 e. The van der Waals surface area contributed by atoms with Crippen LogP contribution in [0.4, 0.5) is 4.79 Å². The number of nitrogens with one attached hydrogen (secondary N) is 1. The maximum absolute atomic E-state index is 12.4. The zero-order chi connectivity index (χ0) is 16.8. The van der Waals surface area contributed by atoms with Gasteiger partial charge in [0.2, 0.25) is 0 Å². The van der Waals surface area contributed by atoms with Crippen molar-refractivity contribution in [2.45, 2.75) is 39.0 Å². The average Bonchev–Trinajstić information content (AvgIpc) is 3.10. The van der Waals surface area contributed by atoms with Gasteiger partial charge < -0.3 is 19.5 Å². The Bertz CT molecular complexity index is 495. The van der Waals surface area contributed by atoms with E-state index in [1.165, 1.54) is 32.4 Å². The average molecular weight is 333 g/mol. The van der Waals surface area contributed by atoms with E-state index >= 15 is 0 Å². The first-order chi connectivity index (χ1) is 11.7. The lowest BCUT2D eigenvalue weighted by Crippen LogP contribution is -2.48. The summed E-state index contributed by atoms with van der Waals surface area (Å²) in [7, 11) is 0. The van der Waals surface area contributed by atoms with Gasteiger partial charge in [-0.3, -0.25) is 0 Å². The molecule has 1 aromatic heterocycles. The molecule has 0 aliphatic carbocycles. The minimum absolute atomic E-state index is 0.0820. The summed E-state index contributed by atoms with van der Waals surface area (Å²) in [6, 6.07) is 3.91. The summed E-state index contributed by atoms with van der Waals surface area (Å²) in [5, 5.41) is 3.03. The molecule has 0 radical (unpaired) electrons. The van der Waals surface area contributed by atoms with Crippen LogP contribution in [0.3, 0.4) is 0 Å². The van der Waals surface area contributed by atoms with E-state index in [0.717, 1.165) is 44.2 Å². The molecule has 2 amide bonds. The molecule has 0 spiro atoms. The molecule has 1 aromatic rings. The van der Waals surface area contributed by atoms with Gasteiger partial charge in [0.15, 0.2) is 0 Å². The predicted molar refractivity (Wildman–Crippen MR) is 94.9 cm³/mol. The third-order valence-corrected chi connectivity index (χ3v) is 5.43. The Balaban J connectivity index is 1.38. The Labute approximate surface area is 145 Å². The Hall–Kier alpha value is -1.49. The Morgan fingerprint density at radius 3 is 2.88 bits per heavy atom. The number of carbonyl (C=O) groups is 1. The molecule has 134 valence electrons. The molecule has 2 fully saturated rings. The van der Waals surface area contributed by atoms with E-state index in [0.29, 0.717) is 12.5 Å². The number of furan rings is 1. The van der Waals surface area contributed by atoms with Crippen molar-refractivity contribution in [3.63, 3.8) is 0 Å². The van der Waals surface area contributed by atoms with Crippen LogP contribution in [0, 0.1) is 11.8 Å². The first-order valence-electron chi connectivity index (χ1n) is 9.48. The van der Waals surface area contributed by atoms with Crippen molar-refractivity contribution >= 4 is 6.03 Å². The topological polar surface area (TPSA) is 48.7 Å². The smallest absolute Gasteiger partial charge is 0.317 e. The number of piperidine rings is 2. The van der Waals surface area contributed by atoms with Crippen molar-refractivity contribution in [1.82, 2.24) is 15.1 Å². The second-order valence-electron chi connectivity index (χ2n) is 7.50. The summed E-state index contributed by atoms with van der Waals surface area (Å²) in [5.74, 6) is 2.43. The molecule has 1 N–H and O–H groups in total. The largest absolute Gasteiger partial charge is 0.469 e. The number of hydrogen-bond acceptors (Lipinski definition) is 3. The number of amides is 2. The summed E-state index contributed by atoms with van der Waals surface area (Å²) in [4.78, 5) is 17.0. The third-order valence-electron chi connectivity index (χ3n) is 5.43. The summed E-state index contributed by atoms with van der Waals surface area (Å²) >= 11 is 0. The number of rotatable bonds is 5. The van der Waals surface area contributed by atoms with Gasteiger partial charge in [0.1, 0.15) is 5.76 Å². The van der Waals surface area contributed by atoms with E-state index in [1.807, 2.05) is 17.0 Å². The second-order valence-corrected chi connectivity index (χ2v) is 7.50. The van der Waals surface area contributed by atoms with Crippen LogP contribution in [0.25, 0.3) is 0 Å². The van der Waals surface area contributed by atoms with E-state index in [4.69, 9.17) is 4.42 Å². The van der Waals surface area contributed by atoms with E-state index in [2.05, 4.69) is 17.1 Å². The van der Waals surface area contributed by atoms with Gasteiger partial charge in [0.25, 0.3) is 0 Å². The fourth-order valence-electron chi connectivity index (χ4n) is 3.87. The summed E-state index contributed by atoms with van der Waals surface area (Å²) < 4.78 is 5.30. The van der Waals surface area contributed by atoms with Crippen LogP contribution in [0.15, 0.2) is 22.8 Å². The Morgan fingerprint density at radius 1 is 1.29 bits per heavy atom. The second kappa shape index (κ2) is 8.56. The molecular formula is C19H31N3O2. The number of carbonyl (C=O) groups excluding carboxylic acids is 1. The van der Waals surface area contributed by atoms with Gasteiger partial charge in [-0.05, 0) is 62.7 Å². The van der Waals surface area contributed by atoms with Crippen LogP contribution >= 0.6 is 0 Å². The zero-order valence-corrected chi connectivity index (χ0v) is 14.9. The number of nitrogens with zero attached hydrogens (tertiary/aromatic N) is 2. The van der Waals surface area contributed by atoms with Crippen LogP contribution in [-0.4, -0.2) is 55.1 Å². The normalized spacial score (nSPS) is 23.4. The molecule has 5 heteroatoms. The van der Waals surface area contributed by atoms with E-state index in [-0.39, 0.29) is 6.03 Å². The van der Waals surface area contributed by atoms with Gasteiger partial charge in [0.05, 0.1) is 6.26 Å². The van der Waals surface area contributed by atoms with Crippen molar-refractivity contribution in [1.29, 1.82) is 0 Å². The van der Waals surface area contributed by atoms with Crippen molar-refractivity contribution in [3.8, 4) is 0 Å². The molecular weight excluding hydrogens is 302 g/mol. The minimum Gasteiger partial charge on any atom is -0.469 e. The molecule has 0 unspecified atom stereocenters. The van der Waals surface area contributed by atoms with Crippen molar-refractivity contribution < 1.29 is 9.21 Å². The standard InChI is InChI=1S/C19H31N3O2/c1-16-7-11-21(12-8-16)14-17-4-2-10-22(15-17)19(23)20-9-6-18-5-3-13-24-18/h3,5,13,16-17H,2,4,6-12,14-15H2,1H3,(H,20,23)/t17-/m0/s1. The Morgan fingerprint density at radius 2 is 2.12 bits per heavy atom. The molecule has 3 heterocycles. The summed E-state index contributed by atoms with van der Waals surface area (Å²) in [6.07, 6.45) is 7.45. The minimum atomic E-state index is 0.0820. The van der Waals surface area contributed by atoms with E-state index in [9.17, 15) is 4.79 Å².